The van der Waals surface area contributed by atoms with Crippen LogP contribution in [0.3, 0.4) is 0 Å². The number of aliphatic hydroxyl groups is 1. The molecule has 0 saturated heterocycles. The minimum atomic E-state index is -0.340. The van der Waals surface area contributed by atoms with Crippen molar-refractivity contribution in [1.82, 2.24) is 10.3 Å². The zero-order valence-corrected chi connectivity index (χ0v) is 11.4. The van der Waals surface area contributed by atoms with Crippen molar-refractivity contribution < 1.29 is 9.90 Å². The van der Waals surface area contributed by atoms with Crippen molar-refractivity contribution in [2.75, 3.05) is 11.9 Å². The van der Waals surface area contributed by atoms with Gasteiger partial charge in [0.25, 0.3) is 0 Å². The number of carbonyl (C=O) groups excluding carboxylic acids is 1. The maximum absolute atomic E-state index is 11.7. The van der Waals surface area contributed by atoms with Gasteiger partial charge in [0.15, 0.2) is 5.13 Å². The number of aromatic nitrogens is 1. The summed E-state index contributed by atoms with van der Waals surface area (Å²) in [5.41, 5.74) is 0.685. The van der Waals surface area contributed by atoms with E-state index in [1.54, 1.807) is 0 Å². The molecule has 5 nitrogen and oxygen atoms in total. The van der Waals surface area contributed by atoms with Crippen molar-refractivity contribution in [3.63, 3.8) is 0 Å². The summed E-state index contributed by atoms with van der Waals surface area (Å²) in [5, 5.41) is 17.0. The molecule has 0 aliphatic heterocycles. The highest BCUT2D eigenvalue weighted by Gasteiger charge is 2.25. The zero-order chi connectivity index (χ0) is 13.1. The molecule has 1 atom stereocenters. The Morgan fingerprint density at radius 3 is 2.65 bits per heavy atom. The number of rotatable bonds is 3. The third-order valence-electron chi connectivity index (χ3n) is 2.37. The highest BCUT2D eigenvalue weighted by molar-refractivity contribution is 7.13. The second-order valence-corrected chi connectivity index (χ2v) is 5.85. The molecule has 0 aliphatic carbocycles. The maximum atomic E-state index is 11.7. The number of amides is 2. The molecule has 1 heterocycles. The number of aliphatic hydroxyl groups excluding tert-OH is 1. The smallest absolute Gasteiger partial charge is 0.321 e. The molecule has 0 radical (unpaired) electrons. The van der Waals surface area contributed by atoms with E-state index in [0.717, 1.165) is 5.69 Å². The summed E-state index contributed by atoms with van der Waals surface area (Å²) in [6.45, 7) is 7.66. The molecule has 0 aromatic carbocycles. The lowest BCUT2D eigenvalue weighted by molar-refractivity contribution is 0.162. The first-order valence-corrected chi connectivity index (χ1v) is 6.31. The van der Waals surface area contributed by atoms with E-state index in [9.17, 15) is 9.90 Å². The first-order chi connectivity index (χ1) is 7.82. The average Bonchev–Trinajstić information content (AvgIpc) is 2.58. The largest absolute Gasteiger partial charge is 0.394 e. The van der Waals surface area contributed by atoms with Gasteiger partial charge in [0.05, 0.1) is 18.3 Å². The van der Waals surface area contributed by atoms with Crippen LogP contribution in [0.15, 0.2) is 5.38 Å². The molecular formula is C11H19N3O2S. The molecule has 0 saturated carbocycles. The van der Waals surface area contributed by atoms with Crippen LogP contribution in [0.2, 0.25) is 0 Å². The maximum Gasteiger partial charge on any atom is 0.321 e. The SMILES string of the molecule is Cc1csc(NC(=O)N[C@H](CO)C(C)(C)C)n1. The second-order valence-electron chi connectivity index (χ2n) is 4.99. The van der Waals surface area contributed by atoms with Gasteiger partial charge >= 0.3 is 6.03 Å². The van der Waals surface area contributed by atoms with Gasteiger partial charge in [0.1, 0.15) is 0 Å². The Hall–Kier alpha value is -1.14. The van der Waals surface area contributed by atoms with Gasteiger partial charge in [-0.3, -0.25) is 5.32 Å². The Bertz CT molecular complexity index is 384. The molecule has 1 rings (SSSR count). The average molecular weight is 257 g/mol. The van der Waals surface area contributed by atoms with Crippen LogP contribution in [0.4, 0.5) is 9.93 Å². The molecule has 1 aromatic heterocycles. The first kappa shape index (κ1) is 13.9. The fourth-order valence-corrected chi connectivity index (χ4v) is 1.92. The second kappa shape index (κ2) is 5.46. The van der Waals surface area contributed by atoms with Crippen LogP contribution >= 0.6 is 11.3 Å². The van der Waals surface area contributed by atoms with Crippen LogP contribution in [0, 0.1) is 12.3 Å². The van der Waals surface area contributed by atoms with Crippen LogP contribution in [-0.4, -0.2) is 28.8 Å². The Kier molecular flexibility index (Phi) is 4.47. The topological polar surface area (TPSA) is 74.2 Å². The lowest BCUT2D eigenvalue weighted by Gasteiger charge is -2.29. The van der Waals surface area contributed by atoms with Gasteiger partial charge in [-0.25, -0.2) is 9.78 Å². The monoisotopic (exact) mass is 257 g/mol. The molecule has 96 valence electrons. The number of thiazole rings is 1. The Morgan fingerprint density at radius 2 is 2.24 bits per heavy atom. The van der Waals surface area contributed by atoms with Gasteiger partial charge < -0.3 is 10.4 Å². The van der Waals surface area contributed by atoms with Gasteiger partial charge in [-0.2, -0.15) is 0 Å². The van der Waals surface area contributed by atoms with E-state index < -0.39 is 0 Å². The van der Waals surface area contributed by atoms with Gasteiger partial charge in [-0.15, -0.1) is 11.3 Å². The van der Waals surface area contributed by atoms with Crippen LogP contribution in [0.1, 0.15) is 26.5 Å². The molecule has 0 aliphatic rings. The van der Waals surface area contributed by atoms with Crippen LogP contribution < -0.4 is 10.6 Å². The van der Waals surface area contributed by atoms with E-state index >= 15 is 0 Å². The van der Waals surface area contributed by atoms with E-state index in [0.29, 0.717) is 5.13 Å². The summed E-state index contributed by atoms with van der Waals surface area (Å²) < 4.78 is 0. The van der Waals surface area contributed by atoms with Gasteiger partial charge in [-0.1, -0.05) is 20.8 Å². The zero-order valence-electron chi connectivity index (χ0n) is 10.6. The summed E-state index contributed by atoms with van der Waals surface area (Å²) in [6.07, 6.45) is 0. The van der Waals surface area contributed by atoms with Crippen molar-refractivity contribution >= 4 is 22.5 Å². The predicted molar refractivity (Wildman–Crippen MR) is 69.3 cm³/mol. The quantitative estimate of drug-likeness (QED) is 0.775. The normalized spacial score (nSPS) is 13.2. The van der Waals surface area contributed by atoms with Crippen molar-refractivity contribution in [3.8, 4) is 0 Å². The van der Waals surface area contributed by atoms with E-state index in [4.69, 9.17) is 0 Å². The number of nitrogens with zero attached hydrogens (tertiary/aromatic N) is 1. The van der Waals surface area contributed by atoms with E-state index in [1.807, 2.05) is 33.1 Å². The molecule has 17 heavy (non-hydrogen) atoms. The van der Waals surface area contributed by atoms with E-state index in [1.165, 1.54) is 11.3 Å². The molecule has 0 fully saturated rings. The number of aryl methyl sites for hydroxylation is 1. The number of anilines is 1. The summed E-state index contributed by atoms with van der Waals surface area (Å²) >= 11 is 1.37. The molecular weight excluding hydrogens is 238 g/mol. The Labute approximate surface area is 105 Å². The predicted octanol–water partition coefficient (Wildman–Crippen LogP) is 1.98. The van der Waals surface area contributed by atoms with Crippen molar-refractivity contribution in [2.45, 2.75) is 33.7 Å². The van der Waals surface area contributed by atoms with Crippen molar-refractivity contribution in [2.24, 2.45) is 5.41 Å². The molecule has 0 spiro atoms. The highest BCUT2D eigenvalue weighted by atomic mass is 32.1. The van der Waals surface area contributed by atoms with Gasteiger partial charge in [0, 0.05) is 5.38 Å². The lowest BCUT2D eigenvalue weighted by Crippen LogP contribution is -2.47. The number of carbonyl (C=O) groups is 1. The number of hydrogen-bond acceptors (Lipinski definition) is 4. The van der Waals surface area contributed by atoms with Gasteiger partial charge in [0.2, 0.25) is 0 Å². The standard InChI is InChI=1S/C11H19N3O2S/c1-7-6-17-10(12-7)14-9(16)13-8(5-15)11(2,3)4/h6,8,15H,5H2,1-4H3,(H2,12,13,14,16)/t8-/m1/s1. The summed E-state index contributed by atoms with van der Waals surface area (Å²) in [7, 11) is 0. The third kappa shape index (κ3) is 4.32. The molecule has 0 bridgehead atoms. The minimum Gasteiger partial charge on any atom is -0.394 e. The molecule has 0 unspecified atom stereocenters. The first-order valence-electron chi connectivity index (χ1n) is 5.43. The van der Waals surface area contributed by atoms with Crippen molar-refractivity contribution in [1.29, 1.82) is 0 Å². The van der Waals surface area contributed by atoms with E-state index in [-0.39, 0.29) is 24.1 Å². The fourth-order valence-electron chi connectivity index (χ4n) is 1.24. The summed E-state index contributed by atoms with van der Waals surface area (Å²) in [4.78, 5) is 15.8. The number of nitrogens with one attached hydrogen (secondary N) is 2. The summed E-state index contributed by atoms with van der Waals surface area (Å²) in [5.74, 6) is 0. The Morgan fingerprint density at radius 1 is 1.59 bits per heavy atom. The fraction of sp³-hybridized carbons (Fsp3) is 0.636. The third-order valence-corrected chi connectivity index (χ3v) is 3.25. The molecule has 3 N–H and O–H groups in total. The molecule has 1 aromatic rings. The van der Waals surface area contributed by atoms with Gasteiger partial charge in [-0.05, 0) is 12.3 Å². The number of urea groups is 1. The molecule has 6 heteroatoms. The van der Waals surface area contributed by atoms with E-state index in [2.05, 4.69) is 15.6 Å². The lowest BCUT2D eigenvalue weighted by atomic mass is 9.87. The number of hydrogen-bond donors (Lipinski definition) is 3. The highest BCUT2D eigenvalue weighted by Crippen LogP contribution is 2.19. The molecule has 2 amide bonds. The van der Waals surface area contributed by atoms with Crippen LogP contribution in [-0.2, 0) is 0 Å². The van der Waals surface area contributed by atoms with Crippen LogP contribution in [0.25, 0.3) is 0 Å². The minimum absolute atomic E-state index is 0.0895. The Balaban J connectivity index is 2.54. The van der Waals surface area contributed by atoms with Crippen LogP contribution in [0.5, 0.6) is 0 Å². The van der Waals surface area contributed by atoms with Crippen molar-refractivity contribution in [3.05, 3.63) is 11.1 Å². The summed E-state index contributed by atoms with van der Waals surface area (Å²) in [6, 6.07) is -0.628.